The van der Waals surface area contributed by atoms with Gasteiger partial charge in [-0.15, -0.1) is 5.10 Å². The highest BCUT2D eigenvalue weighted by Crippen LogP contribution is 2.29. The predicted octanol–water partition coefficient (Wildman–Crippen LogP) is 3.28. The molecule has 1 heterocycles. The fourth-order valence-electron chi connectivity index (χ4n) is 1.80. The van der Waals surface area contributed by atoms with Crippen LogP contribution in [0, 0.1) is 5.92 Å². The van der Waals surface area contributed by atoms with Gasteiger partial charge in [0, 0.05) is 0 Å². The van der Waals surface area contributed by atoms with Gasteiger partial charge in [-0.2, -0.15) is 4.68 Å². The van der Waals surface area contributed by atoms with Crippen LogP contribution in [-0.4, -0.2) is 26.8 Å². The Bertz CT molecular complexity index is 582. The summed E-state index contributed by atoms with van der Waals surface area (Å²) >= 11 is 12.3. The third-order valence-electron chi connectivity index (χ3n) is 2.87. The van der Waals surface area contributed by atoms with Crippen LogP contribution in [0.3, 0.4) is 0 Å². The van der Waals surface area contributed by atoms with E-state index >= 15 is 0 Å². The van der Waals surface area contributed by atoms with Gasteiger partial charge in [-0.25, -0.2) is 0 Å². The Morgan fingerprint density at radius 2 is 2.00 bits per heavy atom. The van der Waals surface area contributed by atoms with Crippen LogP contribution in [-0.2, 0) is 0 Å². The van der Waals surface area contributed by atoms with E-state index in [4.69, 9.17) is 23.2 Å². The van der Waals surface area contributed by atoms with E-state index in [1.165, 1.54) is 0 Å². The highest BCUT2D eigenvalue weighted by molar-refractivity contribution is 6.43. The van der Waals surface area contributed by atoms with Crippen LogP contribution in [0.15, 0.2) is 18.2 Å². The number of hydrogen-bond acceptors (Lipinski definition) is 4. The summed E-state index contributed by atoms with van der Waals surface area (Å²) in [6, 6.07) is 5.41. The number of aromatic nitrogens is 4. The first-order valence-corrected chi connectivity index (χ1v) is 7.22. The zero-order chi connectivity index (χ0) is 14.7. The summed E-state index contributed by atoms with van der Waals surface area (Å²) in [4.78, 5) is 0. The van der Waals surface area contributed by atoms with E-state index in [0.717, 1.165) is 6.54 Å². The Hall–Kier alpha value is -1.17. The van der Waals surface area contributed by atoms with Gasteiger partial charge < -0.3 is 5.32 Å². The van der Waals surface area contributed by atoms with Crippen LogP contribution in [0.5, 0.6) is 0 Å². The molecule has 108 valence electrons. The lowest BCUT2D eigenvalue weighted by molar-refractivity contribution is 0.475. The minimum Gasteiger partial charge on any atom is -0.307 e. The quantitative estimate of drug-likeness (QED) is 0.920. The Morgan fingerprint density at radius 1 is 1.25 bits per heavy atom. The summed E-state index contributed by atoms with van der Waals surface area (Å²) in [5.41, 5.74) is 0.678. The molecule has 1 aromatic heterocycles. The second kappa shape index (κ2) is 6.52. The molecule has 0 spiro atoms. The van der Waals surface area contributed by atoms with Gasteiger partial charge in [0.15, 0.2) is 5.82 Å². The molecular weight excluding hydrogens is 297 g/mol. The van der Waals surface area contributed by atoms with Gasteiger partial charge >= 0.3 is 0 Å². The molecule has 0 aliphatic rings. The first-order valence-electron chi connectivity index (χ1n) is 6.46. The number of benzene rings is 1. The van der Waals surface area contributed by atoms with Crippen molar-refractivity contribution in [3.63, 3.8) is 0 Å². The average molecular weight is 314 g/mol. The highest BCUT2D eigenvalue weighted by atomic mass is 35.5. The lowest BCUT2D eigenvalue weighted by atomic mass is 10.2. The molecule has 0 amide bonds. The summed E-state index contributed by atoms with van der Waals surface area (Å²) < 4.78 is 1.62. The van der Waals surface area contributed by atoms with E-state index < -0.39 is 0 Å². The topological polar surface area (TPSA) is 55.6 Å². The molecule has 2 aromatic rings. The van der Waals surface area contributed by atoms with Crippen molar-refractivity contribution in [2.75, 3.05) is 6.54 Å². The molecule has 0 fully saturated rings. The highest BCUT2D eigenvalue weighted by Gasteiger charge is 2.18. The van der Waals surface area contributed by atoms with Crippen molar-refractivity contribution in [1.29, 1.82) is 0 Å². The maximum absolute atomic E-state index is 6.22. The van der Waals surface area contributed by atoms with E-state index in [1.807, 2.05) is 19.1 Å². The van der Waals surface area contributed by atoms with Crippen molar-refractivity contribution in [2.24, 2.45) is 5.92 Å². The van der Waals surface area contributed by atoms with Crippen LogP contribution in [0.2, 0.25) is 10.0 Å². The Labute approximate surface area is 128 Å². The molecule has 1 atom stereocenters. The number of rotatable bonds is 5. The molecule has 0 saturated carbocycles. The molecule has 2 rings (SSSR count). The van der Waals surface area contributed by atoms with Crippen molar-refractivity contribution in [1.82, 2.24) is 25.5 Å². The number of halogens is 2. The molecule has 7 heteroatoms. The molecule has 0 aliphatic heterocycles. The Kier molecular flexibility index (Phi) is 4.96. The molecule has 0 bridgehead atoms. The first-order chi connectivity index (χ1) is 9.50. The van der Waals surface area contributed by atoms with Crippen LogP contribution < -0.4 is 5.32 Å². The number of nitrogens with zero attached hydrogens (tertiary/aromatic N) is 4. The molecule has 1 N–H and O–H groups in total. The summed E-state index contributed by atoms with van der Waals surface area (Å²) in [7, 11) is 0. The molecule has 0 radical (unpaired) electrons. The summed E-state index contributed by atoms with van der Waals surface area (Å²) in [5, 5.41) is 16.1. The Balaban J connectivity index is 2.30. The minimum atomic E-state index is 0.0162. The van der Waals surface area contributed by atoms with Gasteiger partial charge in [0.05, 0.1) is 21.8 Å². The zero-order valence-corrected chi connectivity index (χ0v) is 13.2. The van der Waals surface area contributed by atoms with Crippen LogP contribution in [0.1, 0.15) is 32.6 Å². The standard InChI is InChI=1S/C13H17Cl2N5/c1-8(2)7-16-9(3)13-17-18-19-20(13)11-6-4-5-10(14)12(11)15/h4-6,8-9,16H,7H2,1-3H3. The molecule has 1 unspecified atom stereocenters. The third-order valence-corrected chi connectivity index (χ3v) is 3.68. The average Bonchev–Trinajstić information content (AvgIpc) is 2.88. The maximum atomic E-state index is 6.22. The van der Waals surface area contributed by atoms with Crippen LogP contribution in [0.4, 0.5) is 0 Å². The first kappa shape index (κ1) is 15.2. The van der Waals surface area contributed by atoms with Gasteiger partial charge in [0.1, 0.15) is 0 Å². The monoisotopic (exact) mass is 313 g/mol. The van der Waals surface area contributed by atoms with Gasteiger partial charge in [-0.3, -0.25) is 0 Å². The summed E-state index contributed by atoms with van der Waals surface area (Å²) in [6.45, 7) is 7.20. The van der Waals surface area contributed by atoms with Crippen molar-refractivity contribution < 1.29 is 0 Å². The summed E-state index contributed by atoms with van der Waals surface area (Å²) in [6.07, 6.45) is 0. The zero-order valence-electron chi connectivity index (χ0n) is 11.6. The smallest absolute Gasteiger partial charge is 0.173 e. The lowest BCUT2D eigenvalue weighted by Crippen LogP contribution is -2.25. The normalized spacial score (nSPS) is 12.9. The minimum absolute atomic E-state index is 0.0162. The van der Waals surface area contributed by atoms with E-state index in [2.05, 4.69) is 34.7 Å². The number of tetrazole rings is 1. The second-order valence-corrected chi connectivity index (χ2v) is 5.83. The lowest BCUT2D eigenvalue weighted by Gasteiger charge is -2.15. The van der Waals surface area contributed by atoms with Crippen LogP contribution >= 0.6 is 23.2 Å². The fourth-order valence-corrected chi connectivity index (χ4v) is 2.17. The van der Waals surface area contributed by atoms with Gasteiger partial charge in [-0.1, -0.05) is 43.1 Å². The fraction of sp³-hybridized carbons (Fsp3) is 0.462. The van der Waals surface area contributed by atoms with Gasteiger partial charge in [-0.05, 0) is 41.9 Å². The second-order valence-electron chi connectivity index (χ2n) is 5.05. The van der Waals surface area contributed by atoms with Gasteiger partial charge in [0.2, 0.25) is 0 Å². The van der Waals surface area contributed by atoms with E-state index in [-0.39, 0.29) is 6.04 Å². The van der Waals surface area contributed by atoms with Crippen LogP contribution in [0.25, 0.3) is 5.69 Å². The predicted molar refractivity (Wildman–Crippen MR) is 80.4 cm³/mol. The molecule has 0 saturated heterocycles. The van der Waals surface area contributed by atoms with Crippen molar-refractivity contribution in [3.05, 3.63) is 34.1 Å². The van der Waals surface area contributed by atoms with Gasteiger partial charge in [0.25, 0.3) is 0 Å². The van der Waals surface area contributed by atoms with E-state index in [0.29, 0.717) is 27.5 Å². The molecule has 1 aromatic carbocycles. The molecule has 0 aliphatic carbocycles. The molecule has 5 nitrogen and oxygen atoms in total. The van der Waals surface area contributed by atoms with E-state index in [9.17, 15) is 0 Å². The summed E-state index contributed by atoms with van der Waals surface area (Å²) in [5.74, 6) is 1.26. The molecule has 20 heavy (non-hydrogen) atoms. The SMILES string of the molecule is CC(C)CNC(C)c1nnnn1-c1cccc(Cl)c1Cl. The largest absolute Gasteiger partial charge is 0.307 e. The van der Waals surface area contributed by atoms with E-state index in [1.54, 1.807) is 10.7 Å². The van der Waals surface area contributed by atoms with Crippen molar-refractivity contribution in [2.45, 2.75) is 26.8 Å². The third kappa shape index (κ3) is 3.29. The maximum Gasteiger partial charge on any atom is 0.173 e. The number of nitrogens with one attached hydrogen (secondary N) is 1. The van der Waals surface area contributed by atoms with Crippen molar-refractivity contribution >= 4 is 23.2 Å². The van der Waals surface area contributed by atoms with Crippen molar-refractivity contribution in [3.8, 4) is 5.69 Å². The Morgan fingerprint density at radius 3 is 2.70 bits per heavy atom. The number of hydrogen-bond donors (Lipinski definition) is 1. The molecular formula is C13H17Cl2N5.